The number of amides is 2. The van der Waals surface area contributed by atoms with Crippen LogP contribution in [0.5, 0.6) is 0 Å². The minimum atomic E-state index is -4.59. The zero-order chi connectivity index (χ0) is 25.0. The lowest BCUT2D eigenvalue weighted by molar-refractivity contribution is -0.137. The molecule has 3 N–H and O–H groups in total. The summed E-state index contributed by atoms with van der Waals surface area (Å²) in [5.41, 5.74) is 3.33. The molecule has 3 aromatic rings. The summed E-state index contributed by atoms with van der Waals surface area (Å²) < 4.78 is 33.8. The zero-order valence-electron chi connectivity index (χ0n) is 18.5. The van der Waals surface area contributed by atoms with Crippen molar-refractivity contribution in [2.75, 3.05) is 18.5 Å². The summed E-state index contributed by atoms with van der Waals surface area (Å²) in [7, 11) is -4.59. The number of hydrogen-bond donors (Lipinski definition) is 3. The van der Waals surface area contributed by atoms with Crippen LogP contribution in [0, 0.1) is 0 Å². The van der Waals surface area contributed by atoms with E-state index in [0.717, 1.165) is 27.7 Å². The first-order valence-electron chi connectivity index (χ1n) is 10.7. The van der Waals surface area contributed by atoms with E-state index in [2.05, 4.69) is 5.32 Å². The Hall–Kier alpha value is -4.05. The second-order valence-electron chi connectivity index (χ2n) is 7.75. The van der Waals surface area contributed by atoms with Gasteiger partial charge >= 0.3 is 0 Å². The highest BCUT2D eigenvalue weighted by molar-refractivity contribution is 7.86. The molecule has 4 rings (SSSR count). The van der Waals surface area contributed by atoms with Crippen molar-refractivity contribution in [1.29, 1.82) is 0 Å². The molecule has 8 nitrogen and oxygen atoms in total. The molecule has 3 aromatic carbocycles. The molecule has 0 saturated heterocycles. The van der Waals surface area contributed by atoms with Gasteiger partial charge in [-0.1, -0.05) is 72.8 Å². The number of aliphatic hydroxyl groups excluding tert-OH is 1. The molecule has 0 bridgehead atoms. The minimum Gasteiger partial charge on any atom is -0.395 e. The average molecular weight is 491 g/mol. The molecule has 1 aliphatic rings. The first kappa shape index (κ1) is 24.1. The van der Waals surface area contributed by atoms with E-state index in [1.54, 1.807) is 12.2 Å². The number of nitrogens with one attached hydrogen (secondary N) is 1. The van der Waals surface area contributed by atoms with Crippen molar-refractivity contribution in [3.8, 4) is 11.1 Å². The number of β-amino-alcohol motifs (C(OH)–C–C–N with tert-alkyl or cyclic N) is 1. The molecule has 2 amide bonds. The Morgan fingerprint density at radius 1 is 0.886 bits per heavy atom. The molecule has 9 heteroatoms. The first-order valence-corrected chi connectivity index (χ1v) is 12.1. The van der Waals surface area contributed by atoms with Crippen LogP contribution in [0.4, 0.5) is 5.69 Å². The third-order valence-corrected chi connectivity index (χ3v) is 6.29. The van der Waals surface area contributed by atoms with Crippen LogP contribution in [0.1, 0.15) is 11.1 Å². The monoisotopic (exact) mass is 490 g/mol. The van der Waals surface area contributed by atoms with Crippen LogP contribution in [0.2, 0.25) is 0 Å². The van der Waals surface area contributed by atoms with Gasteiger partial charge < -0.3 is 10.4 Å². The van der Waals surface area contributed by atoms with Crippen LogP contribution >= 0.6 is 0 Å². The molecule has 0 atom stereocenters. The highest BCUT2D eigenvalue weighted by atomic mass is 32.2. The molecule has 1 heterocycles. The van der Waals surface area contributed by atoms with E-state index in [9.17, 15) is 22.6 Å². The van der Waals surface area contributed by atoms with Crippen LogP contribution < -0.4 is 5.32 Å². The van der Waals surface area contributed by atoms with Crippen molar-refractivity contribution >= 4 is 39.8 Å². The number of aliphatic hydroxyl groups is 1. The standard InChI is InChI=1S/C26H22N2O6S/c29-15-14-28-25(30)17-23(26(28)31)27-22-13-12-21(24(16-22)35(32,33)34)11-8-18-6-9-20(10-7-18)19-4-2-1-3-5-19/h1-13,16-17,27,29H,14-15H2,(H,32,33,34). The Kier molecular flexibility index (Phi) is 6.92. The molecule has 1 aliphatic heterocycles. The number of anilines is 1. The fourth-order valence-corrected chi connectivity index (χ4v) is 4.35. The third-order valence-electron chi connectivity index (χ3n) is 5.38. The Balaban J connectivity index is 1.56. The van der Waals surface area contributed by atoms with Gasteiger partial charge in [0.2, 0.25) is 0 Å². The average Bonchev–Trinajstić information content (AvgIpc) is 3.11. The molecule has 35 heavy (non-hydrogen) atoms. The fraction of sp³-hybridized carbons (Fsp3) is 0.0769. The number of rotatable bonds is 8. The Morgan fingerprint density at radius 2 is 1.57 bits per heavy atom. The van der Waals surface area contributed by atoms with E-state index >= 15 is 0 Å². The number of benzene rings is 3. The van der Waals surface area contributed by atoms with E-state index in [0.29, 0.717) is 0 Å². The molecule has 0 saturated carbocycles. The summed E-state index contributed by atoms with van der Waals surface area (Å²) in [6.07, 6.45) is 4.36. The van der Waals surface area contributed by atoms with Crippen LogP contribution in [0.25, 0.3) is 23.3 Å². The van der Waals surface area contributed by atoms with E-state index in [1.165, 1.54) is 18.2 Å². The highest BCUT2D eigenvalue weighted by Gasteiger charge is 2.30. The predicted octanol–water partition coefficient (Wildman–Crippen LogP) is 3.43. The first-order chi connectivity index (χ1) is 16.8. The minimum absolute atomic E-state index is 0.0634. The summed E-state index contributed by atoms with van der Waals surface area (Å²) in [5.74, 6) is -1.22. The largest absolute Gasteiger partial charge is 0.395 e. The molecule has 0 radical (unpaired) electrons. The van der Waals surface area contributed by atoms with Gasteiger partial charge in [0.05, 0.1) is 13.2 Å². The van der Waals surface area contributed by atoms with Crippen molar-refractivity contribution in [2.24, 2.45) is 0 Å². The fourth-order valence-electron chi connectivity index (χ4n) is 3.64. The number of hydrogen-bond acceptors (Lipinski definition) is 6. The summed E-state index contributed by atoms with van der Waals surface area (Å²) in [4.78, 5) is 24.7. The van der Waals surface area contributed by atoms with Crippen LogP contribution in [-0.2, 0) is 19.7 Å². The summed E-state index contributed by atoms with van der Waals surface area (Å²) in [6, 6.07) is 21.8. The molecule has 0 spiro atoms. The summed E-state index contributed by atoms with van der Waals surface area (Å²) in [6.45, 7) is -0.521. The normalized spacial score (nSPS) is 14.0. The van der Waals surface area contributed by atoms with Gasteiger partial charge in [0.25, 0.3) is 21.9 Å². The van der Waals surface area contributed by atoms with Crippen LogP contribution in [-0.4, -0.2) is 47.9 Å². The van der Waals surface area contributed by atoms with Gasteiger partial charge in [0, 0.05) is 11.8 Å². The lowest BCUT2D eigenvalue weighted by Gasteiger charge is -2.14. The zero-order valence-corrected chi connectivity index (χ0v) is 19.3. The van der Waals surface area contributed by atoms with Crippen molar-refractivity contribution in [2.45, 2.75) is 4.90 Å². The van der Waals surface area contributed by atoms with Crippen LogP contribution in [0.15, 0.2) is 89.5 Å². The molecule has 0 aliphatic carbocycles. The second kappa shape index (κ2) is 10.1. The maximum atomic E-state index is 12.3. The van der Waals surface area contributed by atoms with Crippen molar-refractivity contribution in [3.63, 3.8) is 0 Å². The number of imide groups is 1. The molecular formula is C26H22N2O6S. The maximum absolute atomic E-state index is 12.3. The van der Waals surface area contributed by atoms with Gasteiger partial charge in [0.1, 0.15) is 10.6 Å². The van der Waals surface area contributed by atoms with Gasteiger partial charge in [0.15, 0.2) is 0 Å². The quantitative estimate of drug-likeness (QED) is 0.251. The van der Waals surface area contributed by atoms with Crippen molar-refractivity contribution in [1.82, 2.24) is 4.90 Å². The van der Waals surface area contributed by atoms with Gasteiger partial charge in [-0.3, -0.25) is 19.0 Å². The lowest BCUT2D eigenvalue weighted by Crippen LogP contribution is -2.34. The summed E-state index contributed by atoms with van der Waals surface area (Å²) >= 11 is 0. The van der Waals surface area contributed by atoms with Gasteiger partial charge in [-0.15, -0.1) is 0 Å². The van der Waals surface area contributed by atoms with Gasteiger partial charge in [-0.05, 0) is 34.4 Å². The van der Waals surface area contributed by atoms with Crippen molar-refractivity contribution in [3.05, 3.63) is 95.7 Å². The SMILES string of the molecule is O=C1C=C(Nc2ccc(C=Cc3ccc(-c4ccccc4)cc3)c(S(=O)(=O)O)c2)C(=O)N1CCO. The molecule has 178 valence electrons. The van der Waals surface area contributed by atoms with Gasteiger partial charge in [-0.25, -0.2) is 0 Å². The predicted molar refractivity (Wildman–Crippen MR) is 133 cm³/mol. The Morgan fingerprint density at radius 3 is 2.23 bits per heavy atom. The van der Waals surface area contributed by atoms with Crippen molar-refractivity contribution < 1.29 is 27.7 Å². The lowest BCUT2D eigenvalue weighted by atomic mass is 10.0. The molecule has 0 fully saturated rings. The summed E-state index contributed by atoms with van der Waals surface area (Å²) in [5, 5.41) is 11.7. The number of carbonyl (C=O) groups excluding carboxylic acids is 2. The van der Waals surface area contributed by atoms with E-state index in [4.69, 9.17) is 5.11 Å². The third kappa shape index (κ3) is 5.55. The molecule has 0 aromatic heterocycles. The Labute approximate surface area is 202 Å². The number of carbonyl (C=O) groups is 2. The highest BCUT2D eigenvalue weighted by Crippen LogP contribution is 2.26. The maximum Gasteiger partial charge on any atom is 0.295 e. The Bertz CT molecular complexity index is 1430. The second-order valence-corrected chi connectivity index (χ2v) is 9.14. The van der Waals surface area contributed by atoms with E-state index < -0.39 is 21.9 Å². The number of nitrogens with zero attached hydrogens (tertiary/aromatic N) is 1. The molecule has 0 unspecified atom stereocenters. The molecular weight excluding hydrogens is 468 g/mol. The smallest absolute Gasteiger partial charge is 0.295 e. The van der Waals surface area contributed by atoms with E-state index in [-0.39, 0.29) is 35.0 Å². The topological polar surface area (TPSA) is 124 Å². The van der Waals surface area contributed by atoms with Crippen LogP contribution in [0.3, 0.4) is 0 Å². The van der Waals surface area contributed by atoms with E-state index in [1.807, 2.05) is 54.6 Å². The van der Waals surface area contributed by atoms with Gasteiger partial charge in [-0.2, -0.15) is 8.42 Å².